The molecule has 0 aliphatic carbocycles. The fourth-order valence-electron chi connectivity index (χ4n) is 7.22. The number of aromatic hydroxyl groups is 6. The first kappa shape index (κ1) is 66.8. The van der Waals surface area contributed by atoms with Gasteiger partial charge in [-0.2, -0.15) is 0 Å². The summed E-state index contributed by atoms with van der Waals surface area (Å²) in [5.41, 5.74) is 23.9. The van der Waals surface area contributed by atoms with E-state index in [0.29, 0.717) is 22.3 Å². The standard InChI is InChI=1S/2C11H13F3N2O.C11H16N2O2.2C11H16N2O/c1-11(2,3)5-7(13)6(12)4(10(15)16)9(17)8(5)14;1-11(2,3)5-8(14)6(12)4(10(15)16)7(13)9(5)17;1-11(2,3)9-7(14)4-6(10(12)13)5-8(9)15;1-11(2,3)7-4-5-8(10(12)13)9(14)6-7;1-11(2,3)8-5-4-7(10(12)13)6-9(8)14/h2*17H,1-3H3,(H3,15,16);4-5,14-15H,1-3H3,(H3,12,13);2*4-6,14H,1-3H3,(H3,12,13). The molecule has 0 heterocycles. The van der Waals surface area contributed by atoms with Crippen LogP contribution in [0.25, 0.3) is 0 Å². The van der Waals surface area contributed by atoms with Gasteiger partial charge in [0.2, 0.25) is 0 Å². The molecule has 0 amide bonds. The van der Waals surface area contributed by atoms with Crippen LogP contribution in [0, 0.1) is 61.9 Å². The van der Waals surface area contributed by atoms with Crippen molar-refractivity contribution < 1.29 is 57.0 Å². The van der Waals surface area contributed by atoms with E-state index in [0.717, 1.165) is 11.1 Å². The van der Waals surface area contributed by atoms with Crippen molar-refractivity contribution in [3.8, 4) is 34.5 Å². The molecule has 22 heteroatoms. The highest BCUT2D eigenvalue weighted by atomic mass is 19.2. The number of phenols is 6. The predicted octanol–water partition coefficient (Wildman–Crippen LogP) is 10.4. The molecule has 0 spiro atoms. The van der Waals surface area contributed by atoms with Gasteiger partial charge in [0.25, 0.3) is 0 Å². The molecular formula is C55H74F6N10O6. The molecule has 0 radical (unpaired) electrons. The molecule has 77 heavy (non-hydrogen) atoms. The van der Waals surface area contributed by atoms with Crippen molar-refractivity contribution in [1.29, 1.82) is 27.0 Å². The van der Waals surface area contributed by atoms with Crippen molar-refractivity contribution in [3.05, 3.63) is 139 Å². The molecule has 0 saturated heterocycles. The van der Waals surface area contributed by atoms with E-state index in [2.05, 4.69) is 20.8 Å². The van der Waals surface area contributed by atoms with Crippen LogP contribution in [0.2, 0.25) is 0 Å². The van der Waals surface area contributed by atoms with Crippen molar-refractivity contribution >= 4 is 29.2 Å². The molecule has 0 aliphatic heterocycles. The van der Waals surface area contributed by atoms with Gasteiger partial charge in [-0.05, 0) is 68.5 Å². The Morgan fingerprint density at radius 1 is 0.351 bits per heavy atom. The number of benzene rings is 5. The van der Waals surface area contributed by atoms with Crippen molar-refractivity contribution in [2.45, 2.75) is 131 Å². The normalized spacial score (nSPS) is 11.5. The second kappa shape index (κ2) is 24.7. The van der Waals surface area contributed by atoms with E-state index in [1.165, 1.54) is 59.7 Å². The van der Waals surface area contributed by atoms with Crippen LogP contribution in [-0.2, 0) is 27.1 Å². The van der Waals surface area contributed by atoms with E-state index in [1.807, 2.05) is 53.7 Å². The minimum Gasteiger partial charge on any atom is -0.508 e. The summed E-state index contributed by atoms with van der Waals surface area (Å²) in [6.07, 6.45) is 0. The van der Waals surface area contributed by atoms with Crippen LogP contribution >= 0.6 is 0 Å². The number of nitrogens with two attached hydrogens (primary N) is 5. The number of nitrogens with one attached hydrogen (secondary N) is 5. The minimum atomic E-state index is -1.56. The third kappa shape index (κ3) is 16.9. The third-order valence-corrected chi connectivity index (χ3v) is 11.1. The molecule has 0 bridgehead atoms. The molecule has 0 unspecified atom stereocenters. The molecule has 21 N–H and O–H groups in total. The van der Waals surface area contributed by atoms with Gasteiger partial charge < -0.3 is 59.3 Å². The Morgan fingerprint density at radius 3 is 1.09 bits per heavy atom. The molecule has 422 valence electrons. The van der Waals surface area contributed by atoms with Crippen molar-refractivity contribution in [2.75, 3.05) is 0 Å². The first-order valence-electron chi connectivity index (χ1n) is 23.3. The molecule has 5 rings (SSSR count). The largest absolute Gasteiger partial charge is 0.508 e. The lowest BCUT2D eigenvalue weighted by Gasteiger charge is -2.22. The zero-order valence-corrected chi connectivity index (χ0v) is 46.0. The molecular weight excluding hydrogens is 1010 g/mol. The molecule has 0 fully saturated rings. The quantitative estimate of drug-likeness (QED) is 0.0339. The van der Waals surface area contributed by atoms with Crippen molar-refractivity contribution in [1.82, 2.24) is 0 Å². The average molecular weight is 1090 g/mol. The summed E-state index contributed by atoms with van der Waals surface area (Å²) >= 11 is 0. The lowest BCUT2D eigenvalue weighted by Crippen LogP contribution is -2.22. The molecule has 0 saturated carbocycles. The number of phenolic OH excluding ortho intramolecular Hbond substituents is 6. The lowest BCUT2D eigenvalue weighted by atomic mass is 9.84. The average Bonchev–Trinajstić information content (AvgIpc) is 3.23. The Bertz CT molecular complexity index is 2900. The summed E-state index contributed by atoms with van der Waals surface area (Å²) < 4.78 is 81.8. The smallest absolute Gasteiger partial charge is 0.179 e. The first-order chi connectivity index (χ1) is 34.5. The van der Waals surface area contributed by atoms with Crippen molar-refractivity contribution in [3.63, 3.8) is 0 Å². The highest BCUT2D eigenvalue weighted by molar-refractivity contribution is 5.99. The van der Waals surface area contributed by atoms with Gasteiger partial charge in [0.15, 0.2) is 46.4 Å². The van der Waals surface area contributed by atoms with Gasteiger partial charge in [0, 0.05) is 27.8 Å². The van der Waals surface area contributed by atoms with Gasteiger partial charge in [-0.25, -0.2) is 26.3 Å². The van der Waals surface area contributed by atoms with E-state index in [9.17, 15) is 57.0 Å². The van der Waals surface area contributed by atoms with Gasteiger partial charge >= 0.3 is 0 Å². The van der Waals surface area contributed by atoms with Gasteiger partial charge in [-0.3, -0.25) is 27.0 Å². The van der Waals surface area contributed by atoms with Crippen LogP contribution in [-0.4, -0.2) is 59.8 Å². The Hall–Kier alpha value is -8.17. The predicted molar refractivity (Wildman–Crippen MR) is 291 cm³/mol. The van der Waals surface area contributed by atoms with Crippen LogP contribution in [0.3, 0.4) is 0 Å². The number of rotatable bonds is 5. The van der Waals surface area contributed by atoms with Crippen LogP contribution in [0.5, 0.6) is 34.5 Å². The Labute approximate surface area is 445 Å². The first-order valence-corrected chi connectivity index (χ1v) is 23.3. The number of hydrogen-bond acceptors (Lipinski definition) is 11. The highest BCUT2D eigenvalue weighted by Crippen LogP contribution is 2.41. The fraction of sp³-hybridized carbons (Fsp3) is 0.364. The van der Waals surface area contributed by atoms with E-state index in [4.69, 9.17) is 55.7 Å². The zero-order chi connectivity index (χ0) is 60.7. The monoisotopic (exact) mass is 1080 g/mol. The maximum Gasteiger partial charge on any atom is 0.179 e. The summed E-state index contributed by atoms with van der Waals surface area (Å²) in [6.45, 7) is 26.8. The Balaban J connectivity index is 0.000000482. The van der Waals surface area contributed by atoms with Gasteiger partial charge in [-0.1, -0.05) is 122 Å². The van der Waals surface area contributed by atoms with Gasteiger partial charge in [0.05, 0.1) is 16.7 Å². The van der Waals surface area contributed by atoms with Crippen LogP contribution in [0.4, 0.5) is 26.3 Å². The molecule has 16 nitrogen and oxygen atoms in total. The van der Waals surface area contributed by atoms with Crippen molar-refractivity contribution in [2.24, 2.45) is 28.7 Å². The second-order valence-corrected chi connectivity index (χ2v) is 22.8. The van der Waals surface area contributed by atoms with Crippen LogP contribution < -0.4 is 28.7 Å². The number of hydrogen-bond donors (Lipinski definition) is 16. The fourth-order valence-corrected chi connectivity index (χ4v) is 7.22. The summed E-state index contributed by atoms with van der Waals surface area (Å²) in [4.78, 5) is 0. The summed E-state index contributed by atoms with van der Waals surface area (Å²) in [5.74, 6) is -12.8. The maximum absolute atomic E-state index is 13.8. The molecule has 5 aromatic rings. The molecule has 0 aliphatic rings. The summed E-state index contributed by atoms with van der Waals surface area (Å²) in [7, 11) is 0. The third-order valence-electron chi connectivity index (χ3n) is 11.1. The topological polar surface area (TPSA) is 371 Å². The van der Waals surface area contributed by atoms with Gasteiger partial charge in [0.1, 0.15) is 52.2 Å². The van der Waals surface area contributed by atoms with Crippen LogP contribution in [0.15, 0.2) is 48.5 Å². The Morgan fingerprint density at radius 2 is 0.753 bits per heavy atom. The van der Waals surface area contributed by atoms with E-state index in [-0.39, 0.29) is 56.7 Å². The van der Waals surface area contributed by atoms with E-state index >= 15 is 0 Å². The minimum absolute atomic E-state index is 0.00714. The summed E-state index contributed by atoms with van der Waals surface area (Å²) in [6, 6.07) is 13.1. The summed E-state index contributed by atoms with van der Waals surface area (Å²) in [5, 5.41) is 93.4. The molecule has 0 aromatic heterocycles. The number of amidine groups is 5. The lowest BCUT2D eigenvalue weighted by molar-refractivity contribution is 0.378. The molecule has 5 aromatic carbocycles. The SMILES string of the molecule is CC(C)(C)c1c(F)c(O)c(C(=N)N)c(F)c1F.CC(C)(C)c1c(O)c(F)c(C(=N)N)c(F)c1F.CC(C)(C)c1c(O)cc(C(=N)N)cc1O.CC(C)(C)c1ccc(C(=N)N)c(O)c1.CC(C)(C)c1ccc(C(=N)N)cc1O. The zero-order valence-electron chi connectivity index (χ0n) is 46.0. The highest BCUT2D eigenvalue weighted by Gasteiger charge is 2.34. The van der Waals surface area contributed by atoms with E-state index < -0.39 is 91.2 Å². The second-order valence-electron chi connectivity index (χ2n) is 22.8. The number of halogens is 6. The van der Waals surface area contributed by atoms with Crippen LogP contribution in [0.1, 0.15) is 159 Å². The number of nitrogen functional groups attached to an aromatic ring is 5. The Kier molecular flexibility index (Phi) is 21.4. The van der Waals surface area contributed by atoms with Gasteiger partial charge in [-0.15, -0.1) is 0 Å². The maximum atomic E-state index is 13.8. The molecule has 0 atom stereocenters. The van der Waals surface area contributed by atoms with E-state index in [1.54, 1.807) is 18.2 Å².